The van der Waals surface area contributed by atoms with Gasteiger partial charge in [0.15, 0.2) is 15.8 Å². The highest BCUT2D eigenvalue weighted by molar-refractivity contribution is 8.01. The number of nitrogens with one attached hydrogen (secondary N) is 1. The molecule has 1 aromatic heterocycles. The molecule has 10 heteroatoms. The van der Waals surface area contributed by atoms with E-state index in [1.165, 1.54) is 34.2 Å². The minimum atomic E-state index is 0.146. The van der Waals surface area contributed by atoms with Gasteiger partial charge in [-0.2, -0.15) is 0 Å². The summed E-state index contributed by atoms with van der Waals surface area (Å²) in [7, 11) is 0. The maximum atomic E-state index is 12.7. The Morgan fingerprint density at radius 1 is 1.03 bits per heavy atom. The Hall–Kier alpha value is -2.82. The quantitative estimate of drug-likeness (QED) is 0.468. The Bertz CT molecular complexity index is 1130. The van der Waals surface area contributed by atoms with E-state index in [-0.39, 0.29) is 5.91 Å². The molecule has 0 saturated carbocycles. The van der Waals surface area contributed by atoms with E-state index in [1.807, 2.05) is 29.2 Å². The molecule has 1 N–H and O–H groups in total. The third-order valence-corrected chi connectivity index (χ3v) is 7.86. The monoisotopic (exact) mass is 497 g/mol. The summed E-state index contributed by atoms with van der Waals surface area (Å²) in [5, 5.41) is 12.4. The van der Waals surface area contributed by atoms with Crippen LogP contribution in [-0.4, -0.2) is 64.6 Å². The fraction of sp³-hybridized carbons (Fsp3) is 0.375. The summed E-state index contributed by atoms with van der Waals surface area (Å²) < 4.78 is 11.6. The number of hydrogen-bond donors (Lipinski definition) is 1. The topological polar surface area (TPSA) is 79.8 Å². The molecular formula is C24H27N5O3S2. The summed E-state index contributed by atoms with van der Waals surface area (Å²) in [6.45, 7) is 6.46. The van der Waals surface area contributed by atoms with Gasteiger partial charge in [-0.3, -0.25) is 9.69 Å². The molecule has 5 rings (SSSR count). The average Bonchev–Trinajstić information content (AvgIpc) is 3.52. The number of fused-ring (bicyclic) bond motifs is 1. The minimum Gasteiger partial charge on any atom is -0.454 e. The molecule has 0 unspecified atom stereocenters. The zero-order valence-electron chi connectivity index (χ0n) is 19.0. The van der Waals surface area contributed by atoms with Crippen molar-refractivity contribution in [2.24, 2.45) is 0 Å². The van der Waals surface area contributed by atoms with Gasteiger partial charge in [0, 0.05) is 38.4 Å². The number of hydrogen-bond acceptors (Lipinski definition) is 9. The van der Waals surface area contributed by atoms with Gasteiger partial charge in [0.2, 0.25) is 17.8 Å². The second kappa shape index (κ2) is 10.6. The number of piperazine rings is 1. The first-order chi connectivity index (χ1) is 16.7. The van der Waals surface area contributed by atoms with Gasteiger partial charge in [-0.15, -0.1) is 10.2 Å². The Morgan fingerprint density at radius 3 is 2.59 bits per heavy atom. The lowest BCUT2D eigenvalue weighted by atomic mass is 10.1. The average molecular weight is 498 g/mol. The summed E-state index contributed by atoms with van der Waals surface area (Å²) in [5.41, 5.74) is 3.48. The molecule has 0 spiro atoms. The van der Waals surface area contributed by atoms with Crippen LogP contribution in [0.3, 0.4) is 0 Å². The lowest BCUT2D eigenvalue weighted by molar-refractivity contribution is -0.130. The van der Waals surface area contributed by atoms with Gasteiger partial charge < -0.3 is 19.7 Å². The van der Waals surface area contributed by atoms with Crippen molar-refractivity contribution in [3.05, 3.63) is 53.6 Å². The highest BCUT2D eigenvalue weighted by Crippen LogP contribution is 2.33. The maximum Gasteiger partial charge on any atom is 0.233 e. The van der Waals surface area contributed by atoms with Crippen LogP contribution in [0.2, 0.25) is 0 Å². The summed E-state index contributed by atoms with van der Waals surface area (Å²) >= 11 is 2.92. The van der Waals surface area contributed by atoms with E-state index in [2.05, 4.69) is 45.5 Å². The van der Waals surface area contributed by atoms with Gasteiger partial charge in [-0.25, -0.2) is 0 Å². The molecule has 1 amide bonds. The van der Waals surface area contributed by atoms with Gasteiger partial charge in [-0.05, 0) is 41.8 Å². The molecule has 8 nitrogen and oxygen atoms in total. The maximum absolute atomic E-state index is 12.7. The number of carbonyl (C=O) groups is 1. The van der Waals surface area contributed by atoms with Crippen LogP contribution in [0, 0.1) is 0 Å². The lowest BCUT2D eigenvalue weighted by Crippen LogP contribution is -2.48. The van der Waals surface area contributed by atoms with E-state index in [9.17, 15) is 4.79 Å². The molecule has 0 atom stereocenters. The number of amides is 1. The number of anilines is 2. The molecule has 3 aromatic rings. The van der Waals surface area contributed by atoms with Crippen molar-refractivity contribution in [1.82, 2.24) is 20.0 Å². The SMILES string of the molecule is CCc1ccc(Nc2nnc(SCC(=O)N3CCN(Cc4ccc5c(c4)OCO5)CC3)s2)cc1. The smallest absolute Gasteiger partial charge is 0.233 e. The minimum absolute atomic E-state index is 0.146. The van der Waals surface area contributed by atoms with Crippen molar-refractivity contribution in [1.29, 1.82) is 0 Å². The van der Waals surface area contributed by atoms with E-state index < -0.39 is 0 Å². The zero-order valence-corrected chi connectivity index (χ0v) is 20.7. The molecular weight excluding hydrogens is 470 g/mol. The first-order valence-corrected chi connectivity index (χ1v) is 13.2. The zero-order chi connectivity index (χ0) is 23.3. The normalized spacial score (nSPS) is 15.5. The van der Waals surface area contributed by atoms with Gasteiger partial charge in [0.05, 0.1) is 5.75 Å². The lowest BCUT2D eigenvalue weighted by Gasteiger charge is -2.34. The predicted molar refractivity (Wildman–Crippen MR) is 134 cm³/mol. The van der Waals surface area contributed by atoms with Crippen molar-refractivity contribution >= 4 is 39.8 Å². The second-order valence-corrected chi connectivity index (χ2v) is 10.4. The van der Waals surface area contributed by atoms with Crippen LogP contribution in [0.5, 0.6) is 11.5 Å². The highest BCUT2D eigenvalue weighted by Gasteiger charge is 2.22. The molecule has 178 valence electrons. The molecule has 2 aromatic carbocycles. The Balaban J connectivity index is 1.05. The van der Waals surface area contributed by atoms with E-state index in [0.717, 1.165) is 65.8 Å². The van der Waals surface area contributed by atoms with E-state index in [1.54, 1.807) is 0 Å². The summed E-state index contributed by atoms with van der Waals surface area (Å²) in [5.74, 6) is 2.14. The number of thioether (sulfide) groups is 1. The van der Waals surface area contributed by atoms with Crippen molar-refractivity contribution in [2.75, 3.05) is 44.0 Å². The van der Waals surface area contributed by atoms with Crippen LogP contribution in [0.1, 0.15) is 18.1 Å². The first kappa shape index (κ1) is 22.9. The van der Waals surface area contributed by atoms with Gasteiger partial charge >= 0.3 is 0 Å². The van der Waals surface area contributed by atoms with Crippen LogP contribution in [-0.2, 0) is 17.8 Å². The van der Waals surface area contributed by atoms with Crippen LogP contribution in [0.25, 0.3) is 0 Å². The van der Waals surface area contributed by atoms with Crippen LogP contribution in [0.15, 0.2) is 46.8 Å². The van der Waals surface area contributed by atoms with E-state index in [4.69, 9.17) is 9.47 Å². The van der Waals surface area contributed by atoms with Crippen molar-refractivity contribution in [3.63, 3.8) is 0 Å². The largest absolute Gasteiger partial charge is 0.454 e. The van der Waals surface area contributed by atoms with Gasteiger partial charge in [0.25, 0.3) is 0 Å². The van der Waals surface area contributed by atoms with Gasteiger partial charge in [0.1, 0.15) is 0 Å². The number of rotatable bonds is 8. The number of carbonyl (C=O) groups excluding carboxylic acids is 1. The van der Waals surface area contributed by atoms with Crippen molar-refractivity contribution < 1.29 is 14.3 Å². The Morgan fingerprint density at radius 2 is 1.79 bits per heavy atom. The Kier molecular flexibility index (Phi) is 7.17. The van der Waals surface area contributed by atoms with E-state index in [0.29, 0.717) is 12.5 Å². The molecule has 0 bridgehead atoms. The molecule has 2 aliphatic heterocycles. The number of aromatic nitrogens is 2. The van der Waals surface area contributed by atoms with Gasteiger partial charge in [-0.1, -0.05) is 48.2 Å². The fourth-order valence-electron chi connectivity index (χ4n) is 3.93. The first-order valence-electron chi connectivity index (χ1n) is 11.4. The van der Waals surface area contributed by atoms with Crippen LogP contribution in [0.4, 0.5) is 10.8 Å². The molecule has 0 radical (unpaired) electrons. The number of aryl methyl sites for hydroxylation is 1. The second-order valence-electron chi connectivity index (χ2n) is 8.18. The molecule has 1 fully saturated rings. The van der Waals surface area contributed by atoms with Crippen LogP contribution < -0.4 is 14.8 Å². The molecule has 2 aliphatic rings. The standard InChI is InChI=1S/C24H27N5O3S2/c1-2-17-3-6-19(7-4-17)25-23-26-27-24(34-23)33-15-22(30)29-11-9-28(10-12-29)14-18-5-8-20-21(13-18)32-16-31-20/h3-8,13H,2,9-12,14-16H2,1H3,(H,25,26). The predicted octanol–water partition coefficient (Wildman–Crippen LogP) is 4.01. The third-order valence-electron chi connectivity index (χ3n) is 5.91. The van der Waals surface area contributed by atoms with Crippen LogP contribution >= 0.6 is 23.1 Å². The summed E-state index contributed by atoms with van der Waals surface area (Å²) in [6.07, 6.45) is 1.02. The molecule has 3 heterocycles. The fourth-order valence-corrected chi connectivity index (χ4v) is 5.61. The van der Waals surface area contributed by atoms with E-state index >= 15 is 0 Å². The Labute approximate surface area is 207 Å². The summed E-state index contributed by atoms with van der Waals surface area (Å²) in [6, 6.07) is 14.4. The highest BCUT2D eigenvalue weighted by atomic mass is 32.2. The third kappa shape index (κ3) is 5.63. The molecule has 0 aliphatic carbocycles. The number of ether oxygens (including phenoxy) is 2. The molecule has 1 saturated heterocycles. The summed E-state index contributed by atoms with van der Waals surface area (Å²) in [4.78, 5) is 17.0. The van der Waals surface area contributed by atoms with Crippen molar-refractivity contribution in [3.8, 4) is 11.5 Å². The molecule has 34 heavy (non-hydrogen) atoms. The number of nitrogens with zero attached hydrogens (tertiary/aromatic N) is 4. The number of benzene rings is 2. The van der Waals surface area contributed by atoms with Crippen molar-refractivity contribution in [2.45, 2.75) is 24.2 Å².